The maximum absolute atomic E-state index is 13.5. The summed E-state index contributed by atoms with van der Waals surface area (Å²) in [4.78, 5) is 13.5. The van der Waals surface area contributed by atoms with Crippen LogP contribution in [0.5, 0.6) is 0 Å². The van der Waals surface area contributed by atoms with Gasteiger partial charge in [0.05, 0.1) is 38.6 Å². The molecule has 3 saturated heterocycles. The summed E-state index contributed by atoms with van der Waals surface area (Å²) in [5, 5.41) is 121. The van der Waals surface area contributed by atoms with Crippen molar-refractivity contribution in [3.8, 4) is 0 Å². The highest BCUT2D eigenvalue weighted by Crippen LogP contribution is 2.34. The molecule has 0 saturated carbocycles. The van der Waals surface area contributed by atoms with Crippen molar-refractivity contribution in [1.29, 1.82) is 0 Å². The van der Waals surface area contributed by atoms with E-state index in [1.54, 1.807) is 0 Å². The van der Waals surface area contributed by atoms with E-state index in [4.69, 9.17) is 28.4 Å². The highest BCUT2D eigenvalue weighted by molar-refractivity contribution is 5.76. The van der Waals surface area contributed by atoms with E-state index in [0.717, 1.165) is 70.6 Å². The van der Waals surface area contributed by atoms with E-state index >= 15 is 0 Å². The van der Waals surface area contributed by atoms with Crippen LogP contribution in [-0.2, 0) is 33.2 Å². The van der Waals surface area contributed by atoms with Gasteiger partial charge in [0, 0.05) is 6.42 Å². The molecule has 3 aliphatic rings. The Hall–Kier alpha value is -2.25. The van der Waals surface area contributed by atoms with Crippen molar-refractivity contribution in [2.45, 2.75) is 471 Å². The number of hydrogen-bond acceptors (Lipinski definition) is 18. The van der Waals surface area contributed by atoms with Crippen LogP contribution >= 0.6 is 0 Å². The molecule has 106 heavy (non-hydrogen) atoms. The predicted molar refractivity (Wildman–Crippen MR) is 425 cm³/mol. The Kier molecular flexibility index (Phi) is 62.2. The fourth-order valence-electron chi connectivity index (χ4n) is 15.0. The summed E-state index contributed by atoms with van der Waals surface area (Å²) in [5.41, 5.74) is 0. The van der Waals surface area contributed by atoms with Gasteiger partial charge in [0.1, 0.15) is 73.2 Å². The SMILES string of the molecule is CC/C=C\C/C=C\C/C=C\C/C=C\CCCCCCCCCCCCCCCCCCCCCCCCCCCCC(=O)NC(COC1OC(CO)C(OC2OC(CO)C(OC3OC(CO)C(O)C(O)C3O)C(O)C2O)C(O)C1O)C(O)CCCCCCCCCCCCCCCCCCCCCCCC. The van der Waals surface area contributed by atoms with Gasteiger partial charge < -0.3 is 89.9 Å². The molecule has 3 aliphatic heterocycles. The summed E-state index contributed by atoms with van der Waals surface area (Å²) in [6, 6.07) is -0.887. The van der Waals surface area contributed by atoms with Gasteiger partial charge in [-0.25, -0.2) is 0 Å². The van der Waals surface area contributed by atoms with Crippen LogP contribution in [0.3, 0.4) is 0 Å². The average molecular weight is 1510 g/mol. The number of carbonyl (C=O) groups is 1. The topological polar surface area (TPSA) is 307 Å². The molecule has 12 N–H and O–H groups in total. The lowest BCUT2D eigenvalue weighted by atomic mass is 9.96. The molecule has 0 aromatic carbocycles. The van der Waals surface area contributed by atoms with Crippen LogP contribution in [0, 0.1) is 0 Å². The molecule has 622 valence electrons. The number of nitrogens with one attached hydrogen (secondary N) is 1. The Labute approximate surface area is 643 Å². The van der Waals surface area contributed by atoms with Gasteiger partial charge in [-0.05, 0) is 51.4 Å². The van der Waals surface area contributed by atoms with Crippen LogP contribution in [0.2, 0.25) is 0 Å². The normalized spacial score (nSPS) is 25.8. The predicted octanol–water partition coefficient (Wildman–Crippen LogP) is 16.0. The largest absolute Gasteiger partial charge is 0.394 e. The van der Waals surface area contributed by atoms with E-state index < -0.39 is 124 Å². The maximum atomic E-state index is 13.5. The molecule has 3 heterocycles. The Morgan fingerprint density at radius 2 is 0.651 bits per heavy atom. The van der Waals surface area contributed by atoms with Crippen molar-refractivity contribution in [1.82, 2.24) is 5.32 Å². The van der Waals surface area contributed by atoms with Gasteiger partial charge in [0.25, 0.3) is 0 Å². The third-order valence-corrected chi connectivity index (χ3v) is 21.9. The number of ether oxygens (including phenoxy) is 6. The second-order valence-electron chi connectivity index (χ2n) is 31.3. The Morgan fingerprint density at radius 1 is 0.349 bits per heavy atom. The summed E-state index contributed by atoms with van der Waals surface area (Å²) in [5.74, 6) is -0.235. The fourth-order valence-corrected chi connectivity index (χ4v) is 15.0. The molecule has 0 aromatic rings. The van der Waals surface area contributed by atoms with E-state index in [-0.39, 0.29) is 18.9 Å². The molecular formula is C87H161NO18. The zero-order chi connectivity index (χ0) is 76.7. The van der Waals surface area contributed by atoms with Crippen LogP contribution in [0.15, 0.2) is 48.6 Å². The second-order valence-corrected chi connectivity index (χ2v) is 31.3. The zero-order valence-corrected chi connectivity index (χ0v) is 66.9. The van der Waals surface area contributed by atoms with Crippen molar-refractivity contribution in [3.63, 3.8) is 0 Å². The summed E-state index contributed by atoms with van der Waals surface area (Å²) < 4.78 is 34.6. The quantitative estimate of drug-likeness (QED) is 0.0199. The Balaban J connectivity index is 1.29. The number of rotatable bonds is 71. The van der Waals surface area contributed by atoms with Crippen LogP contribution in [0.4, 0.5) is 0 Å². The molecule has 1 amide bonds. The maximum Gasteiger partial charge on any atom is 0.220 e. The first-order valence-electron chi connectivity index (χ1n) is 43.9. The molecule has 0 bridgehead atoms. The van der Waals surface area contributed by atoms with Crippen LogP contribution in [0.1, 0.15) is 367 Å². The Bertz CT molecular complexity index is 2100. The van der Waals surface area contributed by atoms with Crippen molar-refractivity contribution in [3.05, 3.63) is 48.6 Å². The molecular weight excluding hydrogens is 1350 g/mol. The summed E-state index contributed by atoms with van der Waals surface area (Å²) >= 11 is 0. The summed E-state index contributed by atoms with van der Waals surface area (Å²) in [6.07, 6.45) is 59.4. The molecule has 3 rings (SSSR count). The van der Waals surface area contributed by atoms with Crippen LogP contribution < -0.4 is 5.32 Å². The number of aliphatic hydroxyl groups excluding tert-OH is 11. The van der Waals surface area contributed by atoms with E-state index in [9.17, 15) is 61.0 Å². The van der Waals surface area contributed by atoms with Gasteiger partial charge in [0.15, 0.2) is 18.9 Å². The first-order chi connectivity index (χ1) is 51.8. The smallest absolute Gasteiger partial charge is 0.220 e. The number of unbranched alkanes of at least 4 members (excludes halogenated alkanes) is 47. The lowest BCUT2D eigenvalue weighted by molar-refractivity contribution is -0.379. The van der Waals surface area contributed by atoms with E-state index in [1.807, 2.05) is 0 Å². The number of carbonyl (C=O) groups excluding carboxylic acids is 1. The van der Waals surface area contributed by atoms with E-state index in [0.29, 0.717) is 12.8 Å². The highest BCUT2D eigenvalue weighted by Gasteiger charge is 2.54. The average Bonchev–Trinajstić information content (AvgIpc) is 0.780. The molecule has 19 nitrogen and oxygen atoms in total. The Morgan fingerprint density at radius 3 is 1.02 bits per heavy atom. The first-order valence-corrected chi connectivity index (χ1v) is 43.9. The zero-order valence-electron chi connectivity index (χ0n) is 66.9. The van der Waals surface area contributed by atoms with Crippen molar-refractivity contribution in [2.24, 2.45) is 0 Å². The molecule has 3 fully saturated rings. The standard InChI is InChI=1S/C87H161NO18/c1-3-5-7-9-11-13-15-17-19-21-23-25-27-28-29-30-31-32-33-34-35-36-37-38-39-40-41-42-43-45-47-49-51-53-55-57-59-61-63-65-75(93)88-70(71(92)64-62-60-58-56-54-52-50-48-46-44-26-24-22-20-18-16-14-12-10-8-6-4-2)69-101-85-81(99)78(96)83(73(67-90)103-85)106-87-82(100)79(97)84(74(68-91)104-87)105-86-80(98)77(95)76(94)72(66-89)102-86/h5,7,11,13,17,19,23,25,70-74,76-87,89-92,94-100H,3-4,6,8-10,12,14-16,18,20-22,24,26-69H2,1-2H3,(H,88,93)/b7-5-,13-11-,19-17-,25-23-. The first kappa shape index (κ1) is 97.9. The second kappa shape index (κ2) is 67.3. The number of aliphatic hydroxyl groups is 11. The van der Waals surface area contributed by atoms with Crippen LogP contribution in [0.25, 0.3) is 0 Å². The number of hydrogen-bond donors (Lipinski definition) is 12. The number of amides is 1. The molecule has 19 heteroatoms. The minimum Gasteiger partial charge on any atom is -0.394 e. The third-order valence-electron chi connectivity index (χ3n) is 21.9. The molecule has 17 atom stereocenters. The van der Waals surface area contributed by atoms with Gasteiger partial charge in [-0.2, -0.15) is 0 Å². The molecule has 0 aromatic heterocycles. The van der Waals surface area contributed by atoms with Gasteiger partial charge in [-0.3, -0.25) is 4.79 Å². The van der Waals surface area contributed by atoms with Gasteiger partial charge in [-0.15, -0.1) is 0 Å². The van der Waals surface area contributed by atoms with Crippen molar-refractivity contribution in [2.75, 3.05) is 26.4 Å². The van der Waals surface area contributed by atoms with Crippen LogP contribution in [-0.4, -0.2) is 193 Å². The number of allylic oxidation sites excluding steroid dienone is 8. The van der Waals surface area contributed by atoms with E-state index in [1.165, 1.54) is 263 Å². The lowest BCUT2D eigenvalue weighted by Gasteiger charge is -2.48. The monoisotopic (exact) mass is 1510 g/mol. The van der Waals surface area contributed by atoms with Gasteiger partial charge >= 0.3 is 0 Å². The molecule has 0 aliphatic carbocycles. The molecule has 0 radical (unpaired) electrons. The lowest BCUT2D eigenvalue weighted by Crippen LogP contribution is -2.66. The summed E-state index contributed by atoms with van der Waals surface area (Å²) in [6.45, 7) is 1.75. The van der Waals surface area contributed by atoms with Gasteiger partial charge in [0.2, 0.25) is 5.91 Å². The fraction of sp³-hybridized carbons (Fsp3) is 0.897. The van der Waals surface area contributed by atoms with E-state index in [2.05, 4.69) is 67.8 Å². The minimum atomic E-state index is -1.97. The van der Waals surface area contributed by atoms with Crippen molar-refractivity contribution >= 4 is 5.91 Å². The van der Waals surface area contributed by atoms with Gasteiger partial charge in [-0.1, -0.05) is 358 Å². The minimum absolute atomic E-state index is 0.235. The highest BCUT2D eigenvalue weighted by atomic mass is 16.8. The summed E-state index contributed by atoms with van der Waals surface area (Å²) in [7, 11) is 0. The third kappa shape index (κ3) is 46.1. The molecule has 17 unspecified atom stereocenters. The van der Waals surface area contributed by atoms with Crippen molar-refractivity contribution < 1.29 is 89.4 Å². The molecule has 0 spiro atoms.